The number of aryl methyl sites for hydroxylation is 2. The van der Waals surface area contributed by atoms with E-state index >= 15 is 0 Å². The van der Waals surface area contributed by atoms with Gasteiger partial charge >= 0.3 is 190 Å². The third kappa shape index (κ3) is 8.06. The number of aliphatic hydroxyl groups is 3. The van der Waals surface area contributed by atoms with Gasteiger partial charge in [-0.25, -0.2) is 0 Å². The summed E-state index contributed by atoms with van der Waals surface area (Å²) in [4.78, 5) is 2.55. The zero-order valence-electron chi connectivity index (χ0n) is 17.5. The average Bonchev–Trinajstić information content (AvgIpc) is 3.19. The van der Waals surface area contributed by atoms with Crippen molar-refractivity contribution in [1.82, 2.24) is 0 Å². The Hall–Kier alpha value is -0.265. The summed E-state index contributed by atoms with van der Waals surface area (Å²) < 4.78 is 1.14. The molecule has 1 saturated carbocycles. The normalized spacial score (nSPS) is 25.7. The summed E-state index contributed by atoms with van der Waals surface area (Å²) >= 11 is 5.32. The van der Waals surface area contributed by atoms with Gasteiger partial charge in [-0.2, -0.15) is 0 Å². The molecule has 6 heteroatoms. The van der Waals surface area contributed by atoms with E-state index in [1.165, 1.54) is 9.75 Å². The first kappa shape index (κ1) is 25.0. The molecule has 3 N–H and O–H groups in total. The maximum absolute atomic E-state index is 10.5. The van der Waals surface area contributed by atoms with Crippen molar-refractivity contribution in [1.29, 1.82) is 0 Å². The fraction of sp³-hybridized carbons (Fsp3) is 0.696. The van der Waals surface area contributed by atoms with E-state index < -0.39 is 6.10 Å². The number of halogens is 1. The van der Waals surface area contributed by atoms with Gasteiger partial charge in [-0.15, -0.1) is 0 Å². The maximum atomic E-state index is 10.5. The SMILES string of the molecule is [B]=C[C@@H]1CC(O)[C@H](CCCCCCCO)[C@H]1/C=C/[C@@H](O)CCc1cc(Br)c(C)s1. The van der Waals surface area contributed by atoms with E-state index in [4.69, 9.17) is 12.6 Å². The van der Waals surface area contributed by atoms with Crippen LogP contribution in [0.4, 0.5) is 0 Å². The molecule has 2 rings (SSSR count). The van der Waals surface area contributed by atoms with Gasteiger partial charge in [0.15, 0.2) is 0 Å². The Bertz CT molecular complexity index is 629. The Morgan fingerprint density at radius 2 is 2.00 bits per heavy atom. The van der Waals surface area contributed by atoms with Gasteiger partial charge in [0.25, 0.3) is 0 Å². The number of rotatable bonds is 13. The molecule has 0 saturated heterocycles. The number of hydrogen-bond acceptors (Lipinski definition) is 4. The van der Waals surface area contributed by atoms with Crippen molar-refractivity contribution in [3.05, 3.63) is 32.4 Å². The molecular weight excluding hydrogens is 447 g/mol. The molecule has 1 aromatic heterocycles. The van der Waals surface area contributed by atoms with Crippen LogP contribution in [0.5, 0.6) is 0 Å². The fourth-order valence-electron chi connectivity index (χ4n) is 4.37. The van der Waals surface area contributed by atoms with Crippen LogP contribution in [-0.4, -0.2) is 47.6 Å². The number of hydrogen-bond donors (Lipinski definition) is 3. The van der Waals surface area contributed by atoms with Crippen LogP contribution in [0.15, 0.2) is 22.7 Å². The molecule has 1 aliphatic carbocycles. The zero-order valence-corrected chi connectivity index (χ0v) is 19.9. The van der Waals surface area contributed by atoms with E-state index in [0.29, 0.717) is 12.8 Å². The van der Waals surface area contributed by atoms with E-state index in [0.717, 1.165) is 49.4 Å². The van der Waals surface area contributed by atoms with Crippen LogP contribution in [0.3, 0.4) is 0 Å². The Morgan fingerprint density at radius 3 is 2.66 bits per heavy atom. The molecule has 0 bridgehead atoms. The fourth-order valence-corrected chi connectivity index (χ4v) is 5.99. The van der Waals surface area contributed by atoms with Gasteiger partial charge in [0.05, 0.1) is 0 Å². The monoisotopic (exact) mass is 481 g/mol. The Labute approximate surface area is 189 Å². The number of thiophene rings is 1. The first-order valence-electron chi connectivity index (χ1n) is 10.9. The molecule has 0 aromatic carbocycles. The van der Waals surface area contributed by atoms with E-state index in [-0.39, 0.29) is 30.5 Å². The third-order valence-electron chi connectivity index (χ3n) is 6.09. The van der Waals surface area contributed by atoms with Crippen molar-refractivity contribution in [2.75, 3.05) is 6.61 Å². The molecule has 0 aliphatic heterocycles. The summed E-state index contributed by atoms with van der Waals surface area (Å²) in [6.45, 7) is 2.37. The molecule has 161 valence electrons. The molecule has 1 radical (unpaired) electrons. The summed E-state index contributed by atoms with van der Waals surface area (Å²) in [7, 11) is 5.86. The van der Waals surface area contributed by atoms with E-state index in [1.54, 1.807) is 17.3 Å². The predicted molar refractivity (Wildman–Crippen MR) is 128 cm³/mol. The van der Waals surface area contributed by atoms with Crippen LogP contribution in [0.1, 0.15) is 61.1 Å². The predicted octanol–water partition coefficient (Wildman–Crippen LogP) is 4.59. The summed E-state index contributed by atoms with van der Waals surface area (Å²) in [5.74, 6) is 2.29. The molecule has 29 heavy (non-hydrogen) atoms. The van der Waals surface area contributed by atoms with Gasteiger partial charge in [-0.05, 0) is 0 Å². The van der Waals surface area contributed by atoms with Crippen LogP contribution in [0.2, 0.25) is 0 Å². The molecule has 3 nitrogen and oxygen atoms in total. The number of aliphatic hydroxyl groups excluding tert-OH is 3. The first-order chi connectivity index (χ1) is 14.0. The molecule has 0 amide bonds. The second-order valence-corrected chi connectivity index (χ2v) is 10.5. The zero-order chi connectivity index (χ0) is 21.2. The van der Waals surface area contributed by atoms with Crippen molar-refractivity contribution >= 4 is 40.7 Å². The summed E-state index contributed by atoms with van der Waals surface area (Å²) in [6.07, 6.45) is 11.8. The van der Waals surface area contributed by atoms with Crippen molar-refractivity contribution in [3.63, 3.8) is 0 Å². The molecule has 1 aromatic rings. The summed E-state index contributed by atoms with van der Waals surface area (Å²) in [6, 6.07) is 2.14. The van der Waals surface area contributed by atoms with E-state index in [2.05, 4.69) is 35.0 Å². The van der Waals surface area contributed by atoms with Gasteiger partial charge in [-0.1, -0.05) is 0 Å². The summed E-state index contributed by atoms with van der Waals surface area (Å²) in [5.41, 5.74) is 0. The van der Waals surface area contributed by atoms with Crippen LogP contribution in [0.25, 0.3) is 0 Å². The molecule has 1 heterocycles. The topological polar surface area (TPSA) is 60.7 Å². The van der Waals surface area contributed by atoms with Gasteiger partial charge in [0, 0.05) is 0 Å². The van der Waals surface area contributed by atoms with Crippen molar-refractivity contribution in [2.45, 2.75) is 76.9 Å². The van der Waals surface area contributed by atoms with Crippen LogP contribution >= 0.6 is 27.3 Å². The van der Waals surface area contributed by atoms with Crippen molar-refractivity contribution < 1.29 is 15.3 Å². The van der Waals surface area contributed by atoms with Crippen molar-refractivity contribution in [2.24, 2.45) is 17.8 Å². The molecule has 0 spiro atoms. The Kier molecular flexibility index (Phi) is 11.4. The van der Waals surface area contributed by atoms with Gasteiger partial charge in [0.1, 0.15) is 0 Å². The average molecular weight is 482 g/mol. The van der Waals surface area contributed by atoms with Crippen LogP contribution in [-0.2, 0) is 6.42 Å². The molecule has 1 unspecified atom stereocenters. The Balaban J connectivity index is 1.85. The van der Waals surface area contributed by atoms with Crippen LogP contribution < -0.4 is 0 Å². The minimum absolute atomic E-state index is 0.170. The number of allylic oxidation sites excluding steroid dienone is 1. The van der Waals surface area contributed by atoms with Gasteiger partial charge in [-0.3, -0.25) is 0 Å². The molecular formula is C23H35BBrO3S. The number of unbranched alkanes of at least 4 members (excludes halogenated alkanes) is 4. The molecule has 5 atom stereocenters. The molecule has 1 aliphatic rings. The van der Waals surface area contributed by atoms with Gasteiger partial charge < -0.3 is 0 Å². The molecule has 1 fully saturated rings. The van der Waals surface area contributed by atoms with Gasteiger partial charge in [0.2, 0.25) is 0 Å². The Morgan fingerprint density at radius 1 is 1.28 bits per heavy atom. The van der Waals surface area contributed by atoms with E-state index in [9.17, 15) is 10.2 Å². The standard InChI is InChI=1S/C23H35BBrO3S/c1-16-22(25)14-19(29-16)10-8-18(27)9-11-20-17(15-24)13-23(28)21(20)7-5-3-2-4-6-12-26/h9,11,14-15,17-18,20-21,23,26-28H,2-8,10,12-13H2,1H3/b11-9+/t17-,18-,20-,21+,23?/m0/s1. The third-order valence-corrected chi connectivity index (χ3v) is 8.29. The second-order valence-electron chi connectivity index (χ2n) is 8.29. The summed E-state index contributed by atoms with van der Waals surface area (Å²) in [5, 5.41) is 29.8. The van der Waals surface area contributed by atoms with Crippen molar-refractivity contribution in [3.8, 4) is 0 Å². The quantitative estimate of drug-likeness (QED) is 0.219. The first-order valence-corrected chi connectivity index (χ1v) is 12.5. The van der Waals surface area contributed by atoms with Crippen LogP contribution in [0, 0.1) is 24.7 Å². The second kappa shape index (κ2) is 13.2. The van der Waals surface area contributed by atoms with E-state index in [1.807, 2.05) is 6.08 Å². The minimum atomic E-state index is -0.480.